The van der Waals surface area contributed by atoms with Gasteiger partial charge >= 0.3 is 0 Å². The largest absolute Gasteiger partial charge is 0.468 e. The predicted octanol–water partition coefficient (Wildman–Crippen LogP) is 4.53. The lowest BCUT2D eigenvalue weighted by Gasteiger charge is -2.33. The maximum absolute atomic E-state index is 13.9. The van der Waals surface area contributed by atoms with Crippen LogP contribution in [0.3, 0.4) is 0 Å². The summed E-state index contributed by atoms with van der Waals surface area (Å²) in [6.45, 7) is 11.1. The summed E-state index contributed by atoms with van der Waals surface area (Å²) >= 11 is 0. The number of carbonyl (C=O) groups excluding carboxylic acids is 1. The SMILES string of the molecule is CC(C)C(=O)N(C[C@H]1CN(Cc2ccco2)C[C@@H]1c1cccc(F)c1)C(C)C. The van der Waals surface area contributed by atoms with Crippen molar-refractivity contribution in [3.05, 3.63) is 59.8 Å². The molecular formula is C23H31FN2O2. The minimum absolute atomic E-state index is 0.0318. The molecule has 2 aromatic rings. The van der Waals surface area contributed by atoms with Crippen molar-refractivity contribution in [2.24, 2.45) is 11.8 Å². The van der Waals surface area contributed by atoms with Gasteiger partial charge in [-0.25, -0.2) is 4.39 Å². The van der Waals surface area contributed by atoms with E-state index in [1.54, 1.807) is 18.4 Å². The van der Waals surface area contributed by atoms with Gasteiger partial charge in [-0.15, -0.1) is 0 Å². The van der Waals surface area contributed by atoms with Gasteiger partial charge in [0, 0.05) is 37.5 Å². The van der Waals surface area contributed by atoms with Crippen molar-refractivity contribution in [2.75, 3.05) is 19.6 Å². The number of hydrogen-bond donors (Lipinski definition) is 0. The van der Waals surface area contributed by atoms with Gasteiger partial charge in [0.2, 0.25) is 5.91 Å². The van der Waals surface area contributed by atoms with E-state index < -0.39 is 0 Å². The van der Waals surface area contributed by atoms with Gasteiger partial charge in [0.15, 0.2) is 0 Å². The maximum atomic E-state index is 13.9. The molecule has 2 atom stereocenters. The quantitative estimate of drug-likeness (QED) is 0.702. The molecule has 1 saturated heterocycles. The smallest absolute Gasteiger partial charge is 0.225 e. The fourth-order valence-electron chi connectivity index (χ4n) is 4.15. The number of nitrogens with zero attached hydrogens (tertiary/aromatic N) is 2. The molecule has 0 aliphatic carbocycles. The average Bonchev–Trinajstić information content (AvgIpc) is 3.29. The highest BCUT2D eigenvalue weighted by atomic mass is 19.1. The topological polar surface area (TPSA) is 36.7 Å². The minimum Gasteiger partial charge on any atom is -0.468 e. The highest BCUT2D eigenvalue weighted by molar-refractivity contribution is 5.78. The van der Waals surface area contributed by atoms with Gasteiger partial charge < -0.3 is 9.32 Å². The Labute approximate surface area is 167 Å². The number of benzene rings is 1. The summed E-state index contributed by atoms with van der Waals surface area (Å²) in [5, 5.41) is 0. The monoisotopic (exact) mass is 386 g/mol. The summed E-state index contributed by atoms with van der Waals surface area (Å²) in [4.78, 5) is 17.1. The second kappa shape index (κ2) is 8.91. The summed E-state index contributed by atoms with van der Waals surface area (Å²) < 4.78 is 19.4. The van der Waals surface area contributed by atoms with Crippen molar-refractivity contribution in [3.8, 4) is 0 Å². The number of halogens is 1. The maximum Gasteiger partial charge on any atom is 0.225 e. The molecule has 28 heavy (non-hydrogen) atoms. The third kappa shape index (κ3) is 4.82. The Morgan fingerprint density at radius 1 is 1.21 bits per heavy atom. The summed E-state index contributed by atoms with van der Waals surface area (Å²) in [7, 11) is 0. The Hall–Kier alpha value is -2.14. The molecule has 1 amide bonds. The zero-order chi connectivity index (χ0) is 20.3. The summed E-state index contributed by atoms with van der Waals surface area (Å²) in [6, 6.07) is 10.9. The van der Waals surface area contributed by atoms with Gasteiger partial charge in [-0.2, -0.15) is 0 Å². The Kier molecular flexibility index (Phi) is 6.55. The van der Waals surface area contributed by atoms with E-state index in [1.165, 1.54) is 6.07 Å². The van der Waals surface area contributed by atoms with Gasteiger partial charge in [-0.1, -0.05) is 26.0 Å². The zero-order valence-corrected chi connectivity index (χ0v) is 17.3. The van der Waals surface area contributed by atoms with Crippen LogP contribution >= 0.6 is 0 Å². The lowest BCUT2D eigenvalue weighted by Crippen LogP contribution is -2.43. The molecule has 0 bridgehead atoms. The van der Waals surface area contributed by atoms with E-state index in [4.69, 9.17) is 4.42 Å². The van der Waals surface area contributed by atoms with Crippen LogP contribution in [0.4, 0.5) is 4.39 Å². The van der Waals surface area contributed by atoms with Gasteiger partial charge in [0.05, 0.1) is 12.8 Å². The number of carbonyl (C=O) groups is 1. The van der Waals surface area contributed by atoms with Crippen molar-refractivity contribution in [1.82, 2.24) is 9.80 Å². The van der Waals surface area contributed by atoms with E-state index in [2.05, 4.69) is 18.7 Å². The molecule has 2 heterocycles. The summed E-state index contributed by atoms with van der Waals surface area (Å²) in [5.41, 5.74) is 1.01. The lowest BCUT2D eigenvalue weighted by molar-refractivity contribution is -0.136. The zero-order valence-electron chi connectivity index (χ0n) is 17.3. The van der Waals surface area contributed by atoms with E-state index in [1.807, 2.05) is 36.9 Å². The van der Waals surface area contributed by atoms with Crippen LogP contribution in [0.15, 0.2) is 47.1 Å². The molecule has 1 fully saturated rings. The van der Waals surface area contributed by atoms with Gasteiger partial charge in [0.25, 0.3) is 0 Å². The molecule has 1 aliphatic heterocycles. The van der Waals surface area contributed by atoms with E-state index in [-0.39, 0.29) is 35.5 Å². The Bertz CT molecular complexity index is 773. The molecule has 1 aromatic carbocycles. The van der Waals surface area contributed by atoms with Gasteiger partial charge in [-0.05, 0) is 49.6 Å². The third-order valence-electron chi connectivity index (χ3n) is 5.58. The molecule has 3 rings (SSSR count). The predicted molar refractivity (Wildman–Crippen MR) is 108 cm³/mol. The number of furan rings is 1. The highest BCUT2D eigenvalue weighted by Crippen LogP contribution is 2.35. The number of rotatable bonds is 7. The lowest BCUT2D eigenvalue weighted by atomic mass is 9.88. The first-order chi connectivity index (χ1) is 13.3. The van der Waals surface area contributed by atoms with Crippen LogP contribution in [0.2, 0.25) is 0 Å². The Morgan fingerprint density at radius 3 is 2.61 bits per heavy atom. The standard InChI is InChI=1S/C23H31FN2O2/c1-16(2)23(27)26(17(3)4)13-19-12-25(14-21-9-6-10-28-21)15-22(19)18-7-5-8-20(24)11-18/h5-11,16-17,19,22H,12-15H2,1-4H3/t19-,22-/m1/s1. The number of amides is 1. The van der Waals surface area contributed by atoms with Crippen LogP contribution < -0.4 is 0 Å². The molecular weight excluding hydrogens is 355 g/mol. The van der Waals surface area contributed by atoms with Crippen molar-refractivity contribution < 1.29 is 13.6 Å². The van der Waals surface area contributed by atoms with E-state index in [9.17, 15) is 9.18 Å². The van der Waals surface area contributed by atoms with Gasteiger partial charge in [0.1, 0.15) is 11.6 Å². The van der Waals surface area contributed by atoms with Crippen molar-refractivity contribution in [2.45, 2.75) is 46.2 Å². The molecule has 1 aliphatic rings. The first-order valence-corrected chi connectivity index (χ1v) is 10.2. The first-order valence-electron chi connectivity index (χ1n) is 10.2. The first kappa shape index (κ1) is 20.6. The van der Waals surface area contributed by atoms with Gasteiger partial charge in [-0.3, -0.25) is 9.69 Å². The minimum atomic E-state index is -0.209. The fraction of sp³-hybridized carbons (Fsp3) is 0.522. The van der Waals surface area contributed by atoms with Crippen molar-refractivity contribution in [3.63, 3.8) is 0 Å². The molecule has 4 nitrogen and oxygen atoms in total. The normalized spacial score (nSPS) is 20.2. The second-order valence-corrected chi connectivity index (χ2v) is 8.43. The van der Waals surface area contributed by atoms with Crippen LogP contribution in [-0.2, 0) is 11.3 Å². The van der Waals surface area contributed by atoms with E-state index in [0.717, 1.165) is 31.0 Å². The summed E-state index contributed by atoms with van der Waals surface area (Å²) in [5.74, 6) is 1.30. The average molecular weight is 387 g/mol. The molecule has 1 aromatic heterocycles. The molecule has 0 radical (unpaired) electrons. The molecule has 0 saturated carbocycles. The Morgan fingerprint density at radius 2 is 2.00 bits per heavy atom. The summed E-state index contributed by atoms with van der Waals surface area (Å²) in [6.07, 6.45) is 1.69. The highest BCUT2D eigenvalue weighted by Gasteiger charge is 2.37. The van der Waals surface area contributed by atoms with E-state index >= 15 is 0 Å². The molecule has 0 N–H and O–H groups in total. The van der Waals surface area contributed by atoms with Crippen LogP contribution in [0.25, 0.3) is 0 Å². The number of likely N-dealkylation sites (tertiary alicyclic amines) is 1. The number of hydrogen-bond acceptors (Lipinski definition) is 3. The van der Waals surface area contributed by atoms with Crippen LogP contribution in [0, 0.1) is 17.7 Å². The molecule has 5 heteroatoms. The second-order valence-electron chi connectivity index (χ2n) is 8.43. The van der Waals surface area contributed by atoms with Crippen molar-refractivity contribution >= 4 is 5.91 Å². The molecule has 0 spiro atoms. The van der Waals surface area contributed by atoms with Crippen molar-refractivity contribution in [1.29, 1.82) is 0 Å². The van der Waals surface area contributed by atoms with E-state index in [0.29, 0.717) is 6.54 Å². The molecule has 0 unspecified atom stereocenters. The van der Waals surface area contributed by atoms with Crippen LogP contribution in [0.1, 0.15) is 44.9 Å². The third-order valence-corrected chi connectivity index (χ3v) is 5.58. The Balaban J connectivity index is 1.82. The van der Waals surface area contributed by atoms with Crippen LogP contribution in [-0.4, -0.2) is 41.4 Å². The van der Waals surface area contributed by atoms with Crippen LogP contribution in [0.5, 0.6) is 0 Å². The molecule has 152 valence electrons. The fourth-order valence-corrected chi connectivity index (χ4v) is 4.15.